The molecule has 0 atom stereocenters. The molecule has 0 aliphatic rings. The van der Waals surface area contributed by atoms with E-state index >= 15 is 0 Å². The minimum Gasteiger partial charge on any atom is -0.492 e. The van der Waals surface area contributed by atoms with Crippen molar-refractivity contribution in [1.82, 2.24) is 10.2 Å². The summed E-state index contributed by atoms with van der Waals surface area (Å²) in [5.74, 6) is 0.787. The van der Waals surface area contributed by atoms with Crippen LogP contribution in [0.3, 0.4) is 0 Å². The van der Waals surface area contributed by atoms with Crippen molar-refractivity contribution in [1.29, 1.82) is 0 Å². The summed E-state index contributed by atoms with van der Waals surface area (Å²) in [5, 5.41) is 3.44. The van der Waals surface area contributed by atoms with Gasteiger partial charge in [0.1, 0.15) is 5.75 Å². The van der Waals surface area contributed by atoms with Crippen molar-refractivity contribution < 1.29 is 4.74 Å². The third kappa shape index (κ3) is 6.45. The first-order valence-electron chi connectivity index (χ1n) is 7.00. The normalized spacial score (nSPS) is 10.9. The van der Waals surface area contributed by atoms with Crippen LogP contribution in [-0.4, -0.2) is 45.2 Å². The number of nitrogen functional groups attached to an aromatic ring is 1. The molecule has 0 fully saturated rings. The van der Waals surface area contributed by atoms with Crippen molar-refractivity contribution in [2.75, 3.05) is 46.1 Å². The number of hydrogen-bond donors (Lipinski definition) is 2. The molecule has 19 heavy (non-hydrogen) atoms. The summed E-state index contributed by atoms with van der Waals surface area (Å²) >= 11 is 0. The van der Waals surface area contributed by atoms with E-state index in [2.05, 4.69) is 30.4 Å². The van der Waals surface area contributed by atoms with Crippen LogP contribution < -0.4 is 15.8 Å². The lowest BCUT2D eigenvalue weighted by molar-refractivity contribution is 0.342. The van der Waals surface area contributed by atoms with E-state index in [0.29, 0.717) is 6.61 Å². The predicted octanol–water partition coefficient (Wildman–Crippen LogP) is 1.75. The molecule has 0 radical (unpaired) electrons. The van der Waals surface area contributed by atoms with Crippen LogP contribution in [0.4, 0.5) is 5.69 Å². The number of nitrogens with one attached hydrogen (secondary N) is 1. The molecule has 0 unspecified atom stereocenters. The van der Waals surface area contributed by atoms with Crippen molar-refractivity contribution >= 4 is 5.69 Å². The zero-order chi connectivity index (χ0) is 14.1. The Labute approximate surface area is 116 Å². The first-order chi connectivity index (χ1) is 9.13. The van der Waals surface area contributed by atoms with Gasteiger partial charge in [-0.1, -0.05) is 6.07 Å². The Balaban J connectivity index is 2.24. The largest absolute Gasteiger partial charge is 0.492 e. The Hall–Kier alpha value is -1.26. The Morgan fingerprint density at radius 3 is 2.68 bits per heavy atom. The summed E-state index contributed by atoms with van der Waals surface area (Å²) in [6.45, 7) is 5.78. The van der Waals surface area contributed by atoms with E-state index in [1.807, 2.05) is 19.1 Å². The van der Waals surface area contributed by atoms with Gasteiger partial charge < -0.3 is 20.7 Å². The maximum atomic E-state index is 5.95. The van der Waals surface area contributed by atoms with E-state index in [1.54, 1.807) is 0 Å². The molecule has 0 bridgehead atoms. The SMILES string of the molecule is CCOc1ccc(CCCNCCN(C)C)cc1N. The molecule has 4 nitrogen and oxygen atoms in total. The second-order valence-electron chi connectivity index (χ2n) is 4.96. The van der Waals surface area contributed by atoms with Crippen LogP contribution >= 0.6 is 0 Å². The second kappa shape index (κ2) is 8.77. The van der Waals surface area contributed by atoms with Gasteiger partial charge in [-0.2, -0.15) is 0 Å². The zero-order valence-corrected chi connectivity index (χ0v) is 12.4. The summed E-state index contributed by atoms with van der Waals surface area (Å²) in [7, 11) is 4.18. The van der Waals surface area contributed by atoms with Gasteiger partial charge in [0.25, 0.3) is 0 Å². The first kappa shape index (κ1) is 15.8. The summed E-state index contributed by atoms with van der Waals surface area (Å²) in [6.07, 6.45) is 2.17. The number of nitrogens with two attached hydrogens (primary N) is 1. The van der Waals surface area contributed by atoms with Crippen molar-refractivity contribution in [2.45, 2.75) is 19.8 Å². The first-order valence-corrected chi connectivity index (χ1v) is 7.00. The lowest BCUT2D eigenvalue weighted by atomic mass is 10.1. The Morgan fingerprint density at radius 2 is 2.05 bits per heavy atom. The van der Waals surface area contributed by atoms with Crippen molar-refractivity contribution in [2.24, 2.45) is 0 Å². The number of anilines is 1. The molecule has 108 valence electrons. The number of ether oxygens (including phenoxy) is 1. The van der Waals surface area contributed by atoms with Gasteiger partial charge in [-0.3, -0.25) is 0 Å². The number of hydrogen-bond acceptors (Lipinski definition) is 4. The molecule has 0 amide bonds. The number of aryl methyl sites for hydroxylation is 1. The molecule has 1 aromatic carbocycles. The van der Waals surface area contributed by atoms with E-state index in [0.717, 1.165) is 43.9 Å². The summed E-state index contributed by atoms with van der Waals surface area (Å²) in [4.78, 5) is 2.18. The average Bonchev–Trinajstić information content (AvgIpc) is 2.36. The minimum atomic E-state index is 0.652. The van der Waals surface area contributed by atoms with Gasteiger partial charge in [-0.05, 0) is 58.1 Å². The lowest BCUT2D eigenvalue weighted by Crippen LogP contribution is -2.27. The van der Waals surface area contributed by atoms with E-state index in [4.69, 9.17) is 10.5 Å². The fourth-order valence-corrected chi connectivity index (χ4v) is 1.89. The van der Waals surface area contributed by atoms with E-state index in [9.17, 15) is 0 Å². The van der Waals surface area contributed by atoms with Crippen molar-refractivity contribution in [3.05, 3.63) is 23.8 Å². The highest BCUT2D eigenvalue weighted by molar-refractivity contribution is 5.54. The van der Waals surface area contributed by atoms with Crippen LogP contribution in [-0.2, 0) is 6.42 Å². The highest BCUT2D eigenvalue weighted by Gasteiger charge is 2.01. The molecule has 3 N–H and O–H groups in total. The molecular weight excluding hydrogens is 238 g/mol. The van der Waals surface area contributed by atoms with Crippen LogP contribution in [0.1, 0.15) is 18.9 Å². The molecule has 0 spiro atoms. The van der Waals surface area contributed by atoms with Gasteiger partial charge in [-0.15, -0.1) is 0 Å². The summed E-state index contributed by atoms with van der Waals surface area (Å²) in [6, 6.07) is 6.08. The Kier molecular flexibility index (Phi) is 7.30. The Morgan fingerprint density at radius 1 is 1.26 bits per heavy atom. The molecule has 0 aliphatic carbocycles. The van der Waals surface area contributed by atoms with E-state index in [-0.39, 0.29) is 0 Å². The van der Waals surface area contributed by atoms with Crippen molar-refractivity contribution in [3.63, 3.8) is 0 Å². The van der Waals surface area contributed by atoms with E-state index in [1.165, 1.54) is 5.56 Å². The molecule has 4 heteroatoms. The third-order valence-electron chi connectivity index (χ3n) is 2.93. The lowest BCUT2D eigenvalue weighted by Gasteiger charge is -2.11. The minimum absolute atomic E-state index is 0.652. The number of benzene rings is 1. The van der Waals surface area contributed by atoms with Gasteiger partial charge >= 0.3 is 0 Å². The maximum Gasteiger partial charge on any atom is 0.142 e. The molecule has 0 heterocycles. The second-order valence-corrected chi connectivity index (χ2v) is 4.96. The molecule has 0 aromatic heterocycles. The van der Waals surface area contributed by atoms with Crippen LogP contribution in [0, 0.1) is 0 Å². The fraction of sp³-hybridized carbons (Fsp3) is 0.600. The van der Waals surface area contributed by atoms with Gasteiger partial charge in [-0.25, -0.2) is 0 Å². The molecule has 0 saturated carbocycles. The van der Waals surface area contributed by atoms with Gasteiger partial charge in [0.2, 0.25) is 0 Å². The summed E-state index contributed by atoms with van der Waals surface area (Å²) in [5.41, 5.74) is 7.96. The smallest absolute Gasteiger partial charge is 0.142 e. The van der Waals surface area contributed by atoms with Crippen LogP contribution in [0.25, 0.3) is 0 Å². The monoisotopic (exact) mass is 265 g/mol. The molecular formula is C15H27N3O. The third-order valence-corrected chi connectivity index (χ3v) is 2.93. The van der Waals surface area contributed by atoms with E-state index < -0.39 is 0 Å². The number of likely N-dealkylation sites (N-methyl/N-ethyl adjacent to an activating group) is 1. The molecule has 0 aliphatic heterocycles. The number of rotatable bonds is 9. The summed E-state index contributed by atoms with van der Waals surface area (Å²) < 4.78 is 5.43. The topological polar surface area (TPSA) is 50.5 Å². The average molecular weight is 265 g/mol. The van der Waals surface area contributed by atoms with Crippen molar-refractivity contribution in [3.8, 4) is 5.75 Å². The molecule has 1 aromatic rings. The highest BCUT2D eigenvalue weighted by Crippen LogP contribution is 2.22. The fourth-order valence-electron chi connectivity index (χ4n) is 1.89. The molecule has 1 rings (SSSR count). The van der Waals surface area contributed by atoms with Gasteiger partial charge in [0, 0.05) is 13.1 Å². The van der Waals surface area contributed by atoms with Gasteiger partial charge in [0.05, 0.1) is 12.3 Å². The predicted molar refractivity (Wildman–Crippen MR) is 81.8 cm³/mol. The van der Waals surface area contributed by atoms with Gasteiger partial charge in [0.15, 0.2) is 0 Å². The van der Waals surface area contributed by atoms with Crippen LogP contribution in [0.5, 0.6) is 5.75 Å². The Bertz CT molecular complexity index is 366. The maximum absolute atomic E-state index is 5.95. The van der Waals surface area contributed by atoms with Crippen LogP contribution in [0.2, 0.25) is 0 Å². The zero-order valence-electron chi connectivity index (χ0n) is 12.4. The number of nitrogens with zero attached hydrogens (tertiary/aromatic N) is 1. The van der Waals surface area contributed by atoms with Crippen LogP contribution in [0.15, 0.2) is 18.2 Å². The highest BCUT2D eigenvalue weighted by atomic mass is 16.5. The quantitative estimate of drug-likeness (QED) is 0.527. The standard InChI is InChI=1S/C15H27N3O/c1-4-19-15-8-7-13(12-14(15)16)6-5-9-17-10-11-18(2)3/h7-8,12,17H,4-6,9-11,16H2,1-3H3. The molecule has 0 saturated heterocycles.